The number of aliphatic hydroxyl groups is 1. The lowest BCUT2D eigenvalue weighted by Gasteiger charge is -2.25. The van der Waals surface area contributed by atoms with Crippen LogP contribution in [0.1, 0.15) is 24.1 Å². The van der Waals surface area contributed by atoms with Crippen LogP contribution in [-0.2, 0) is 24.3 Å². The van der Waals surface area contributed by atoms with Gasteiger partial charge in [-0.1, -0.05) is 6.07 Å². The van der Waals surface area contributed by atoms with E-state index in [1.165, 1.54) is 57.5 Å². The molecule has 0 aliphatic carbocycles. The third-order valence-electron chi connectivity index (χ3n) is 5.79. The summed E-state index contributed by atoms with van der Waals surface area (Å²) in [7, 11) is 2.10. The van der Waals surface area contributed by atoms with Gasteiger partial charge in [-0.15, -0.1) is 0 Å². The lowest BCUT2D eigenvalue weighted by Crippen LogP contribution is -2.32. The number of carbonyl (C=O) groups excluding carboxylic acids is 2. The van der Waals surface area contributed by atoms with Crippen molar-refractivity contribution in [3.8, 4) is 11.5 Å². The molecule has 0 bridgehead atoms. The molecule has 194 valence electrons. The maximum absolute atomic E-state index is 13.1. The maximum Gasteiger partial charge on any atom is 0.295 e. The normalized spacial score (nSPS) is 17.6. The van der Waals surface area contributed by atoms with Crippen molar-refractivity contribution in [1.82, 2.24) is 9.21 Å². The molecule has 0 aromatic heterocycles. The number of sulfonamides is 1. The van der Waals surface area contributed by atoms with Crippen LogP contribution in [0.2, 0.25) is 0 Å². The van der Waals surface area contributed by atoms with Crippen molar-refractivity contribution in [2.24, 2.45) is 0 Å². The number of rotatable bonds is 10. The zero-order chi connectivity index (χ0) is 26.6. The summed E-state index contributed by atoms with van der Waals surface area (Å²) >= 11 is 0. The van der Waals surface area contributed by atoms with Crippen molar-refractivity contribution in [3.63, 3.8) is 0 Å². The molecule has 1 atom stereocenters. The van der Waals surface area contributed by atoms with Crippen LogP contribution in [0.5, 0.6) is 11.5 Å². The number of hydrogen-bond donors (Lipinski definition) is 1. The summed E-state index contributed by atoms with van der Waals surface area (Å²) in [6, 6.07) is 9.56. The predicted molar refractivity (Wildman–Crippen MR) is 132 cm³/mol. The minimum atomic E-state index is -3.68. The molecule has 3 rings (SSSR count). The molecule has 1 aliphatic heterocycles. The van der Waals surface area contributed by atoms with Gasteiger partial charge in [-0.05, 0) is 48.9 Å². The first-order valence-corrected chi connectivity index (χ1v) is 12.6. The largest absolute Gasteiger partial charge is 0.507 e. The molecular weight excluding hydrogens is 488 g/mol. The monoisotopic (exact) mass is 518 g/mol. The van der Waals surface area contributed by atoms with E-state index in [2.05, 4.69) is 0 Å². The number of carbonyl (C=O) groups is 2. The van der Waals surface area contributed by atoms with Crippen LogP contribution in [-0.4, -0.2) is 82.5 Å². The van der Waals surface area contributed by atoms with Crippen LogP contribution in [0.25, 0.3) is 5.76 Å². The van der Waals surface area contributed by atoms with E-state index in [9.17, 15) is 23.1 Å². The van der Waals surface area contributed by atoms with Crippen LogP contribution < -0.4 is 9.47 Å². The second-order valence-electron chi connectivity index (χ2n) is 8.14. The smallest absolute Gasteiger partial charge is 0.295 e. The number of benzene rings is 2. The van der Waals surface area contributed by atoms with Crippen LogP contribution in [0.3, 0.4) is 0 Å². The van der Waals surface area contributed by atoms with Crippen LogP contribution >= 0.6 is 0 Å². The summed E-state index contributed by atoms with van der Waals surface area (Å²) in [5.41, 5.74) is 0.602. The molecule has 1 N–H and O–H groups in total. The third kappa shape index (κ3) is 5.08. The number of aliphatic hydroxyl groups excluding tert-OH is 1. The maximum atomic E-state index is 13.1. The Balaban J connectivity index is 2.16. The number of hydrogen-bond acceptors (Lipinski definition) is 8. The molecule has 1 heterocycles. The van der Waals surface area contributed by atoms with Crippen molar-refractivity contribution in [2.45, 2.75) is 17.9 Å². The standard InChI is InChI=1S/C25H30N2O8S/c1-6-35-19-12-9-17(15-20(19)34-5)22-21(24(29)25(30)27(22)13-14-33-4)23(28)16-7-10-18(11-8-16)36(31,32)26(2)3/h7-12,15,22,28H,6,13-14H2,1-5H3/b23-21+. The lowest BCUT2D eigenvalue weighted by atomic mass is 9.95. The highest BCUT2D eigenvalue weighted by atomic mass is 32.2. The average Bonchev–Trinajstić information content (AvgIpc) is 3.12. The van der Waals surface area contributed by atoms with E-state index in [0.29, 0.717) is 23.7 Å². The van der Waals surface area contributed by atoms with Gasteiger partial charge in [-0.25, -0.2) is 12.7 Å². The number of nitrogens with zero attached hydrogens (tertiary/aromatic N) is 2. The average molecular weight is 519 g/mol. The molecular formula is C25H30N2O8S. The molecule has 2 aromatic rings. The van der Waals surface area contributed by atoms with Crippen molar-refractivity contribution in [1.29, 1.82) is 0 Å². The van der Waals surface area contributed by atoms with Gasteiger partial charge in [0, 0.05) is 33.3 Å². The summed E-state index contributed by atoms with van der Waals surface area (Å²) in [5.74, 6) is -1.15. The number of methoxy groups -OCH3 is 2. The van der Waals surface area contributed by atoms with Crippen LogP contribution in [0.15, 0.2) is 52.9 Å². The Hall–Kier alpha value is -3.41. The fourth-order valence-electron chi connectivity index (χ4n) is 3.93. The van der Waals surface area contributed by atoms with E-state index in [-0.39, 0.29) is 29.2 Å². The lowest BCUT2D eigenvalue weighted by molar-refractivity contribution is -0.140. The van der Waals surface area contributed by atoms with Gasteiger partial charge in [0.15, 0.2) is 11.5 Å². The third-order valence-corrected chi connectivity index (χ3v) is 7.62. The van der Waals surface area contributed by atoms with Gasteiger partial charge in [0.25, 0.3) is 11.7 Å². The molecule has 36 heavy (non-hydrogen) atoms. The van der Waals surface area contributed by atoms with Gasteiger partial charge < -0.3 is 24.2 Å². The van der Waals surface area contributed by atoms with Crippen molar-refractivity contribution < 1.29 is 37.3 Å². The topological polar surface area (TPSA) is 123 Å². The van der Waals surface area contributed by atoms with E-state index in [0.717, 1.165) is 4.31 Å². The number of likely N-dealkylation sites (tertiary alicyclic amines) is 1. The van der Waals surface area contributed by atoms with E-state index >= 15 is 0 Å². The van der Waals surface area contributed by atoms with Crippen LogP contribution in [0, 0.1) is 0 Å². The molecule has 0 saturated carbocycles. The van der Waals surface area contributed by atoms with E-state index < -0.39 is 33.5 Å². The first kappa shape index (κ1) is 27.2. The van der Waals surface area contributed by atoms with Gasteiger partial charge in [-0.2, -0.15) is 0 Å². The quantitative estimate of drug-likeness (QED) is 0.289. The minimum absolute atomic E-state index is 0.0254. The Bertz CT molecular complexity index is 1270. The first-order valence-electron chi connectivity index (χ1n) is 11.2. The molecule has 1 aliphatic rings. The summed E-state index contributed by atoms with van der Waals surface area (Å²) in [6.45, 7) is 2.54. The van der Waals surface area contributed by atoms with Crippen molar-refractivity contribution in [3.05, 3.63) is 59.2 Å². The number of Topliss-reactive ketones (excluding diaryl/α,β-unsaturated/α-hetero) is 1. The highest BCUT2D eigenvalue weighted by Crippen LogP contribution is 2.42. The van der Waals surface area contributed by atoms with Gasteiger partial charge in [-0.3, -0.25) is 9.59 Å². The molecule has 11 heteroatoms. The second-order valence-corrected chi connectivity index (χ2v) is 10.3. The predicted octanol–water partition coefficient (Wildman–Crippen LogP) is 2.41. The van der Waals surface area contributed by atoms with E-state index in [1.807, 2.05) is 6.92 Å². The number of amides is 1. The molecule has 1 fully saturated rings. The Kier molecular flexibility index (Phi) is 8.39. The number of ketones is 1. The number of ether oxygens (including phenoxy) is 3. The highest BCUT2D eigenvalue weighted by molar-refractivity contribution is 7.89. The van der Waals surface area contributed by atoms with Crippen LogP contribution in [0.4, 0.5) is 0 Å². The van der Waals surface area contributed by atoms with Gasteiger partial charge in [0.2, 0.25) is 10.0 Å². The fourth-order valence-corrected chi connectivity index (χ4v) is 4.83. The van der Waals surface area contributed by atoms with Gasteiger partial charge in [0.1, 0.15) is 5.76 Å². The zero-order valence-corrected chi connectivity index (χ0v) is 21.7. The Morgan fingerprint density at radius 2 is 1.72 bits per heavy atom. The van der Waals surface area contributed by atoms with Crippen molar-refractivity contribution in [2.75, 3.05) is 48.1 Å². The first-order chi connectivity index (χ1) is 17.1. The molecule has 1 unspecified atom stereocenters. The summed E-state index contributed by atoms with van der Waals surface area (Å²) < 4.78 is 42.0. The minimum Gasteiger partial charge on any atom is -0.507 e. The van der Waals surface area contributed by atoms with Gasteiger partial charge in [0.05, 0.1) is 36.8 Å². The molecule has 1 saturated heterocycles. The molecule has 0 spiro atoms. The second kappa shape index (κ2) is 11.1. The van der Waals surface area contributed by atoms with Gasteiger partial charge >= 0.3 is 0 Å². The Labute approximate surface area is 210 Å². The molecule has 2 aromatic carbocycles. The van der Waals surface area contributed by atoms with Crippen molar-refractivity contribution >= 4 is 27.5 Å². The Morgan fingerprint density at radius 1 is 1.06 bits per heavy atom. The van der Waals surface area contributed by atoms with E-state index in [1.54, 1.807) is 18.2 Å². The SMILES string of the molecule is CCOc1ccc(C2/C(=C(\O)c3ccc(S(=O)(=O)N(C)C)cc3)C(=O)C(=O)N2CCOC)cc1OC. The fraction of sp³-hybridized carbons (Fsp3) is 0.360. The summed E-state index contributed by atoms with van der Waals surface area (Å²) in [4.78, 5) is 27.4. The zero-order valence-electron chi connectivity index (χ0n) is 20.8. The molecule has 10 nitrogen and oxygen atoms in total. The molecule has 0 radical (unpaired) electrons. The highest BCUT2D eigenvalue weighted by Gasteiger charge is 2.46. The summed E-state index contributed by atoms with van der Waals surface area (Å²) in [5, 5.41) is 11.2. The molecule has 1 amide bonds. The summed E-state index contributed by atoms with van der Waals surface area (Å²) in [6.07, 6.45) is 0. The van der Waals surface area contributed by atoms with E-state index in [4.69, 9.17) is 14.2 Å². The Morgan fingerprint density at radius 3 is 2.28 bits per heavy atom.